The van der Waals surface area contributed by atoms with Crippen molar-refractivity contribution in [2.45, 2.75) is 12.5 Å². The van der Waals surface area contributed by atoms with Gasteiger partial charge >= 0.3 is 6.01 Å². The molecule has 0 saturated carbocycles. The number of aliphatic hydroxyl groups is 1. The van der Waals surface area contributed by atoms with Crippen molar-refractivity contribution in [3.63, 3.8) is 0 Å². The molecule has 0 radical (unpaired) electrons. The summed E-state index contributed by atoms with van der Waals surface area (Å²) in [5.74, 6) is 2.28. The van der Waals surface area contributed by atoms with Gasteiger partial charge in [0.25, 0.3) is 0 Å². The van der Waals surface area contributed by atoms with E-state index in [0.29, 0.717) is 6.42 Å². The van der Waals surface area contributed by atoms with Crippen molar-refractivity contribution in [1.29, 1.82) is 0 Å². The van der Waals surface area contributed by atoms with Gasteiger partial charge in [0.1, 0.15) is 6.10 Å². The van der Waals surface area contributed by atoms with Gasteiger partial charge in [0, 0.05) is 24.4 Å². The molecule has 2 rings (SSSR count). The molecule has 1 N–H and O–H groups in total. The van der Waals surface area contributed by atoms with E-state index >= 15 is 0 Å². The van der Waals surface area contributed by atoms with Crippen molar-refractivity contribution < 1.29 is 14.9 Å². The molecular formula is C16H12N2O3. The van der Waals surface area contributed by atoms with Crippen LogP contribution in [-0.2, 0) is 11.3 Å². The van der Waals surface area contributed by atoms with Crippen molar-refractivity contribution in [1.82, 2.24) is 9.97 Å². The van der Waals surface area contributed by atoms with E-state index in [-0.39, 0.29) is 6.01 Å². The minimum Gasteiger partial charge on any atom is -0.380 e. The van der Waals surface area contributed by atoms with Crippen LogP contribution in [0.25, 0.3) is 11.1 Å². The molecule has 0 bridgehead atoms. The van der Waals surface area contributed by atoms with Gasteiger partial charge < -0.3 is 5.11 Å². The number of nitrogens with zero attached hydrogens (tertiary/aromatic N) is 2. The third-order valence-corrected chi connectivity index (χ3v) is 2.70. The Morgan fingerprint density at radius 3 is 2.33 bits per heavy atom. The smallest absolute Gasteiger partial charge is 0.367 e. The van der Waals surface area contributed by atoms with Crippen LogP contribution in [0.1, 0.15) is 5.56 Å². The highest BCUT2D eigenvalue weighted by Gasteiger charge is 2.04. The van der Waals surface area contributed by atoms with E-state index in [0.717, 1.165) is 16.7 Å². The van der Waals surface area contributed by atoms with Crippen LogP contribution in [0, 0.1) is 24.9 Å². The zero-order chi connectivity index (χ0) is 15.1. The Labute approximate surface area is 122 Å². The van der Waals surface area contributed by atoms with E-state index in [1.54, 1.807) is 12.4 Å². The maximum Gasteiger partial charge on any atom is 0.367 e. The fourth-order valence-electron chi connectivity index (χ4n) is 1.69. The fraction of sp³-hybridized carbons (Fsp3) is 0.125. The predicted molar refractivity (Wildman–Crippen MR) is 76.6 cm³/mol. The van der Waals surface area contributed by atoms with Crippen molar-refractivity contribution in [2.75, 3.05) is 0 Å². The Bertz CT molecular complexity index is 667. The Kier molecular flexibility index (Phi) is 4.76. The van der Waals surface area contributed by atoms with E-state index < -0.39 is 6.10 Å². The van der Waals surface area contributed by atoms with Gasteiger partial charge in [0.05, 0.1) is 0 Å². The van der Waals surface area contributed by atoms with Crippen molar-refractivity contribution in [3.05, 3.63) is 42.2 Å². The highest BCUT2D eigenvalue weighted by Crippen LogP contribution is 2.19. The summed E-state index contributed by atoms with van der Waals surface area (Å²) in [7, 11) is 0. The molecule has 5 nitrogen and oxygen atoms in total. The molecular weight excluding hydrogens is 268 g/mol. The molecule has 5 heteroatoms. The maximum atomic E-state index is 9.40. The molecule has 0 aliphatic carbocycles. The summed E-state index contributed by atoms with van der Waals surface area (Å²) in [6.07, 6.45) is 14.7. The molecule has 1 aromatic carbocycles. The second-order valence-corrected chi connectivity index (χ2v) is 4.12. The van der Waals surface area contributed by atoms with Crippen LogP contribution in [0.5, 0.6) is 6.01 Å². The van der Waals surface area contributed by atoms with Gasteiger partial charge in [-0.3, -0.25) is 0 Å². The van der Waals surface area contributed by atoms with Gasteiger partial charge in [-0.2, -0.15) is 9.97 Å². The molecule has 1 aromatic heterocycles. The Hall–Kier alpha value is -3.02. The van der Waals surface area contributed by atoms with E-state index in [1.807, 2.05) is 30.4 Å². The summed E-state index contributed by atoms with van der Waals surface area (Å²) in [5, 5.41) is 9.40. The average molecular weight is 280 g/mol. The minimum atomic E-state index is -0.772. The van der Waals surface area contributed by atoms with Crippen LogP contribution >= 0.6 is 0 Å². The van der Waals surface area contributed by atoms with E-state index in [4.69, 9.17) is 12.8 Å². The summed E-state index contributed by atoms with van der Waals surface area (Å²) in [6, 6.07) is 7.61. The van der Waals surface area contributed by atoms with Gasteiger partial charge in [-0.05, 0) is 11.1 Å². The number of hydrogen-bond donors (Lipinski definition) is 1. The van der Waals surface area contributed by atoms with Gasteiger partial charge in [-0.25, -0.2) is 9.78 Å². The van der Waals surface area contributed by atoms with E-state index in [2.05, 4.69) is 25.7 Å². The summed E-state index contributed by atoms with van der Waals surface area (Å²) in [6.45, 7) is 0. The third kappa shape index (κ3) is 3.97. The molecule has 104 valence electrons. The number of aromatic nitrogens is 2. The zero-order valence-corrected chi connectivity index (χ0v) is 11.1. The fourth-order valence-corrected chi connectivity index (χ4v) is 1.69. The largest absolute Gasteiger partial charge is 0.380 e. The SMILES string of the molecule is C#COOc1ncc(-c2ccc(CC(O)C#C)cc2)cn1. The second-order valence-electron chi connectivity index (χ2n) is 4.12. The highest BCUT2D eigenvalue weighted by atomic mass is 17.2. The first-order valence-corrected chi connectivity index (χ1v) is 6.07. The molecule has 0 saturated heterocycles. The number of terminal acetylenes is 2. The minimum absolute atomic E-state index is 0.0328. The molecule has 2 aromatic rings. The lowest BCUT2D eigenvalue weighted by Gasteiger charge is -2.06. The normalized spacial score (nSPS) is 11.0. The standard InChI is InChI=1S/C16H12N2O3/c1-3-15(19)9-12-5-7-13(8-6-12)14-10-17-16(18-11-14)21-20-4-2/h1-2,5-8,10-11,15,19H,9H2. The average Bonchev–Trinajstić information content (AvgIpc) is 2.54. The summed E-state index contributed by atoms with van der Waals surface area (Å²) >= 11 is 0. The first-order chi connectivity index (χ1) is 10.2. The molecule has 0 amide bonds. The number of hydrogen-bond acceptors (Lipinski definition) is 5. The number of rotatable bonds is 5. The number of benzene rings is 1. The monoisotopic (exact) mass is 280 g/mol. The third-order valence-electron chi connectivity index (χ3n) is 2.70. The van der Waals surface area contributed by atoms with Crippen molar-refractivity contribution in [2.24, 2.45) is 0 Å². The topological polar surface area (TPSA) is 64.5 Å². The summed E-state index contributed by atoms with van der Waals surface area (Å²) < 4.78 is 0. The molecule has 1 heterocycles. The van der Waals surface area contributed by atoms with Crippen LogP contribution in [-0.4, -0.2) is 21.2 Å². The lowest BCUT2D eigenvalue weighted by atomic mass is 10.0. The predicted octanol–water partition coefficient (Wildman–Crippen LogP) is 1.58. The van der Waals surface area contributed by atoms with Crippen LogP contribution < -0.4 is 4.89 Å². The lowest BCUT2D eigenvalue weighted by molar-refractivity contribution is -0.141. The molecule has 1 unspecified atom stereocenters. The van der Waals surface area contributed by atoms with Gasteiger partial charge in [0.15, 0.2) is 6.11 Å². The molecule has 0 fully saturated rings. The zero-order valence-electron chi connectivity index (χ0n) is 11.1. The van der Waals surface area contributed by atoms with Crippen LogP contribution in [0.4, 0.5) is 0 Å². The van der Waals surface area contributed by atoms with E-state index in [1.165, 1.54) is 0 Å². The Morgan fingerprint density at radius 2 is 1.76 bits per heavy atom. The van der Waals surface area contributed by atoms with Crippen molar-refractivity contribution in [3.8, 4) is 42.0 Å². The van der Waals surface area contributed by atoms with Crippen LogP contribution in [0.3, 0.4) is 0 Å². The van der Waals surface area contributed by atoms with E-state index in [9.17, 15) is 5.11 Å². The summed E-state index contributed by atoms with van der Waals surface area (Å²) in [4.78, 5) is 16.8. The van der Waals surface area contributed by atoms with Crippen LogP contribution in [0.2, 0.25) is 0 Å². The molecule has 0 aliphatic heterocycles. The summed E-state index contributed by atoms with van der Waals surface area (Å²) in [5.41, 5.74) is 2.69. The van der Waals surface area contributed by atoms with Crippen LogP contribution in [0.15, 0.2) is 36.7 Å². The Balaban J connectivity index is 2.08. The molecule has 0 spiro atoms. The quantitative estimate of drug-likeness (QED) is 0.512. The Morgan fingerprint density at radius 1 is 1.10 bits per heavy atom. The van der Waals surface area contributed by atoms with Gasteiger partial charge in [-0.15, -0.1) is 6.42 Å². The second kappa shape index (κ2) is 6.95. The molecule has 21 heavy (non-hydrogen) atoms. The van der Waals surface area contributed by atoms with Crippen molar-refractivity contribution >= 4 is 0 Å². The highest BCUT2D eigenvalue weighted by molar-refractivity contribution is 5.61. The molecule has 0 aliphatic rings. The maximum absolute atomic E-state index is 9.40. The first kappa shape index (κ1) is 14.4. The first-order valence-electron chi connectivity index (χ1n) is 6.07. The van der Waals surface area contributed by atoms with Gasteiger partial charge in [-0.1, -0.05) is 36.6 Å². The lowest BCUT2D eigenvalue weighted by Crippen LogP contribution is -2.06. The molecule has 1 atom stereocenters. The van der Waals surface area contributed by atoms with Gasteiger partial charge in [0.2, 0.25) is 0 Å². The number of aliphatic hydroxyl groups excluding tert-OH is 1.